The lowest BCUT2D eigenvalue weighted by atomic mass is 10.2. The first kappa shape index (κ1) is 18.9. The van der Waals surface area contributed by atoms with Gasteiger partial charge in [-0.05, 0) is 38.5 Å². The highest BCUT2D eigenvalue weighted by Crippen LogP contribution is 2.29. The molecule has 27 heavy (non-hydrogen) atoms. The zero-order valence-corrected chi connectivity index (χ0v) is 16.0. The molecule has 2 heterocycles. The molecule has 3 aromatic rings. The van der Waals surface area contributed by atoms with Gasteiger partial charge in [-0.1, -0.05) is 16.4 Å². The monoisotopic (exact) mass is 372 g/mol. The van der Waals surface area contributed by atoms with Crippen molar-refractivity contribution >= 4 is 0 Å². The molecule has 1 aromatic carbocycles. The highest BCUT2D eigenvalue weighted by molar-refractivity contribution is 5.43. The summed E-state index contributed by atoms with van der Waals surface area (Å²) in [5.74, 6) is 3.43. The molecule has 0 saturated carbocycles. The molecule has 2 aromatic heterocycles. The van der Waals surface area contributed by atoms with Crippen LogP contribution < -0.4 is 14.8 Å². The molecule has 0 unspecified atom stereocenters. The van der Waals surface area contributed by atoms with Crippen LogP contribution in [-0.4, -0.2) is 29.0 Å². The van der Waals surface area contributed by atoms with Gasteiger partial charge in [0.05, 0.1) is 18.4 Å². The molecule has 1 N–H and O–H groups in total. The maximum atomic E-state index is 5.90. The van der Waals surface area contributed by atoms with Gasteiger partial charge < -0.3 is 23.8 Å². The van der Waals surface area contributed by atoms with E-state index in [1.165, 1.54) is 0 Å². The highest BCUT2D eigenvalue weighted by atomic mass is 16.5. The second kappa shape index (κ2) is 8.68. The lowest BCUT2D eigenvalue weighted by Crippen LogP contribution is -2.16. The van der Waals surface area contributed by atoms with Gasteiger partial charge in [-0.2, -0.15) is 4.98 Å². The van der Waals surface area contributed by atoms with Crippen molar-refractivity contribution in [1.82, 2.24) is 20.6 Å². The minimum Gasteiger partial charge on any atom is -0.493 e. The first-order valence-electron chi connectivity index (χ1n) is 8.78. The van der Waals surface area contributed by atoms with Gasteiger partial charge in [0.15, 0.2) is 17.3 Å². The van der Waals surface area contributed by atoms with E-state index in [1.54, 1.807) is 7.11 Å². The quantitative estimate of drug-likeness (QED) is 0.573. The van der Waals surface area contributed by atoms with Crippen LogP contribution in [0, 0.1) is 20.8 Å². The van der Waals surface area contributed by atoms with Gasteiger partial charge >= 0.3 is 0 Å². The second-order valence-corrected chi connectivity index (χ2v) is 6.24. The summed E-state index contributed by atoms with van der Waals surface area (Å²) in [6, 6.07) is 5.89. The lowest BCUT2D eigenvalue weighted by molar-refractivity contribution is 0.281. The molecule has 3 rings (SSSR count). The smallest absolute Gasteiger partial charge is 0.227 e. The molecule has 0 amide bonds. The fourth-order valence-electron chi connectivity index (χ4n) is 2.67. The lowest BCUT2D eigenvalue weighted by Gasteiger charge is -2.12. The topological polar surface area (TPSA) is 95.4 Å². The number of hydrogen-bond donors (Lipinski definition) is 1. The maximum absolute atomic E-state index is 5.90. The summed E-state index contributed by atoms with van der Waals surface area (Å²) >= 11 is 0. The van der Waals surface area contributed by atoms with E-state index in [0.717, 1.165) is 29.1 Å². The van der Waals surface area contributed by atoms with Crippen LogP contribution in [0.4, 0.5) is 0 Å². The van der Waals surface area contributed by atoms with Gasteiger partial charge in [-0.3, -0.25) is 0 Å². The molecular weight excluding hydrogens is 348 g/mol. The molecule has 0 saturated heterocycles. The van der Waals surface area contributed by atoms with Crippen LogP contribution in [0.25, 0.3) is 0 Å². The van der Waals surface area contributed by atoms with E-state index >= 15 is 0 Å². The van der Waals surface area contributed by atoms with E-state index in [-0.39, 0.29) is 0 Å². The summed E-state index contributed by atoms with van der Waals surface area (Å²) in [5, 5.41) is 11.1. The van der Waals surface area contributed by atoms with Crippen LogP contribution in [0.3, 0.4) is 0 Å². The minimum absolute atomic E-state index is 0.388. The van der Waals surface area contributed by atoms with Crippen molar-refractivity contribution in [2.24, 2.45) is 0 Å². The standard InChI is InChI=1S/C19H24N4O4/c1-12-16(13(2)26-22-12)11-25-17-6-5-15(9-18(17)24-4)10-20-8-7-19-21-14(3)23-27-19/h5-6,9,20H,7-8,10-11H2,1-4H3. The molecule has 0 bridgehead atoms. The van der Waals surface area contributed by atoms with Gasteiger partial charge in [0.2, 0.25) is 5.89 Å². The number of rotatable bonds is 9. The fraction of sp³-hybridized carbons (Fsp3) is 0.421. The van der Waals surface area contributed by atoms with Crippen molar-refractivity contribution in [3.63, 3.8) is 0 Å². The molecule has 0 aliphatic rings. The van der Waals surface area contributed by atoms with Gasteiger partial charge in [-0.25, -0.2) is 0 Å². The molecular formula is C19H24N4O4. The predicted molar refractivity (Wildman–Crippen MR) is 97.7 cm³/mol. The molecule has 0 radical (unpaired) electrons. The Morgan fingerprint density at radius 1 is 1.07 bits per heavy atom. The zero-order chi connectivity index (χ0) is 19.2. The summed E-state index contributed by atoms with van der Waals surface area (Å²) in [4.78, 5) is 4.18. The van der Waals surface area contributed by atoms with E-state index in [0.29, 0.717) is 42.8 Å². The molecule has 8 nitrogen and oxygen atoms in total. The Balaban J connectivity index is 1.53. The Labute approximate surface area is 157 Å². The van der Waals surface area contributed by atoms with Gasteiger partial charge in [0.25, 0.3) is 0 Å². The van der Waals surface area contributed by atoms with Crippen molar-refractivity contribution in [3.8, 4) is 11.5 Å². The van der Waals surface area contributed by atoms with E-state index in [2.05, 4.69) is 20.6 Å². The first-order chi connectivity index (χ1) is 13.1. The van der Waals surface area contributed by atoms with E-state index < -0.39 is 0 Å². The van der Waals surface area contributed by atoms with Crippen molar-refractivity contribution in [2.75, 3.05) is 13.7 Å². The number of nitrogens with one attached hydrogen (secondary N) is 1. The van der Waals surface area contributed by atoms with Crippen molar-refractivity contribution in [3.05, 3.63) is 52.5 Å². The SMILES string of the molecule is COc1cc(CNCCc2nc(C)no2)ccc1OCc1c(C)noc1C. The average Bonchev–Trinajstić information content (AvgIpc) is 3.22. The third-order valence-electron chi connectivity index (χ3n) is 4.20. The summed E-state index contributed by atoms with van der Waals surface area (Å²) in [5.41, 5.74) is 2.89. The molecule has 0 aliphatic carbocycles. The van der Waals surface area contributed by atoms with Crippen molar-refractivity contribution in [2.45, 2.75) is 40.3 Å². The number of hydrogen-bond acceptors (Lipinski definition) is 8. The summed E-state index contributed by atoms with van der Waals surface area (Å²) in [6.45, 7) is 7.42. The Morgan fingerprint density at radius 2 is 1.93 bits per heavy atom. The number of nitrogens with zero attached hydrogens (tertiary/aromatic N) is 3. The van der Waals surface area contributed by atoms with E-state index in [1.807, 2.05) is 39.0 Å². The third kappa shape index (κ3) is 4.85. The predicted octanol–water partition coefficient (Wildman–Crippen LogP) is 2.90. The van der Waals surface area contributed by atoms with Crippen LogP contribution in [-0.2, 0) is 19.6 Å². The molecule has 0 fully saturated rings. The Hall–Kier alpha value is -2.87. The second-order valence-electron chi connectivity index (χ2n) is 6.24. The van der Waals surface area contributed by atoms with E-state index in [4.69, 9.17) is 18.5 Å². The number of aromatic nitrogens is 3. The molecule has 8 heteroatoms. The van der Waals surface area contributed by atoms with Crippen LogP contribution in [0.15, 0.2) is 27.2 Å². The Bertz CT molecular complexity index is 868. The van der Waals surface area contributed by atoms with E-state index in [9.17, 15) is 0 Å². The van der Waals surface area contributed by atoms with Crippen LogP contribution in [0.5, 0.6) is 11.5 Å². The number of aryl methyl sites for hydroxylation is 3. The van der Waals surface area contributed by atoms with Gasteiger partial charge in [-0.15, -0.1) is 0 Å². The number of ether oxygens (including phenoxy) is 2. The summed E-state index contributed by atoms with van der Waals surface area (Å²) in [6.07, 6.45) is 0.691. The van der Waals surface area contributed by atoms with Crippen LogP contribution >= 0.6 is 0 Å². The van der Waals surface area contributed by atoms with Crippen molar-refractivity contribution in [1.29, 1.82) is 0 Å². The Kier molecular flexibility index (Phi) is 6.08. The fourth-order valence-corrected chi connectivity index (χ4v) is 2.67. The number of methoxy groups -OCH3 is 1. The molecule has 0 spiro atoms. The van der Waals surface area contributed by atoms with Crippen LogP contribution in [0.1, 0.15) is 34.3 Å². The molecule has 0 aliphatic heterocycles. The van der Waals surface area contributed by atoms with Gasteiger partial charge in [0.1, 0.15) is 12.4 Å². The Morgan fingerprint density at radius 3 is 2.59 bits per heavy atom. The van der Waals surface area contributed by atoms with Crippen molar-refractivity contribution < 1.29 is 18.5 Å². The zero-order valence-electron chi connectivity index (χ0n) is 16.0. The average molecular weight is 372 g/mol. The summed E-state index contributed by atoms with van der Waals surface area (Å²) < 4.78 is 21.6. The van der Waals surface area contributed by atoms with Gasteiger partial charge in [0, 0.05) is 19.5 Å². The molecule has 144 valence electrons. The van der Waals surface area contributed by atoms with Crippen LogP contribution in [0.2, 0.25) is 0 Å². The molecule has 0 atom stereocenters. The largest absolute Gasteiger partial charge is 0.493 e. The third-order valence-corrected chi connectivity index (χ3v) is 4.20. The first-order valence-corrected chi connectivity index (χ1v) is 8.78. The highest BCUT2D eigenvalue weighted by Gasteiger charge is 2.12. The maximum Gasteiger partial charge on any atom is 0.227 e. The minimum atomic E-state index is 0.388. The summed E-state index contributed by atoms with van der Waals surface area (Å²) in [7, 11) is 1.63. The number of benzene rings is 1. The normalized spacial score (nSPS) is 11.0.